The lowest BCUT2D eigenvalue weighted by atomic mass is 9.96. The van der Waals surface area contributed by atoms with Gasteiger partial charge < -0.3 is 0 Å². The second kappa shape index (κ2) is 5.03. The maximum atomic E-state index is 11.7. The molecule has 0 aliphatic rings. The average molecular weight is 218 g/mol. The number of ketones is 1. The summed E-state index contributed by atoms with van der Waals surface area (Å²) in [6.45, 7) is 1.73. The molecule has 0 heterocycles. The largest absolute Gasteiger partial charge is 0.293 e. The summed E-state index contributed by atoms with van der Waals surface area (Å²) >= 11 is 0. The molecule has 1 atom stereocenters. The van der Waals surface area contributed by atoms with Gasteiger partial charge in [-0.05, 0) is 6.42 Å². The first kappa shape index (κ1) is 11.9. The van der Waals surface area contributed by atoms with Gasteiger partial charge in [-0.15, -0.1) is 0 Å². The summed E-state index contributed by atoms with van der Waals surface area (Å²) < 4.78 is 0. The van der Waals surface area contributed by atoms with E-state index in [1.54, 1.807) is 6.92 Å². The van der Waals surface area contributed by atoms with Gasteiger partial charge in [0.05, 0.1) is 11.0 Å². The number of Topliss-reactive ketones (excluding diaryl/α,β-unsaturated/α-hetero) is 1. The van der Waals surface area contributed by atoms with Crippen LogP contribution >= 0.6 is 0 Å². The van der Waals surface area contributed by atoms with Gasteiger partial charge in [-0.2, -0.15) is 5.26 Å². The van der Waals surface area contributed by atoms with Gasteiger partial charge >= 0.3 is 0 Å². The Morgan fingerprint density at radius 1 is 1.62 bits per heavy atom. The van der Waals surface area contributed by atoms with Gasteiger partial charge in [0, 0.05) is 17.7 Å². The van der Waals surface area contributed by atoms with Crippen LogP contribution in [0.25, 0.3) is 0 Å². The van der Waals surface area contributed by atoms with Gasteiger partial charge in [0.2, 0.25) is 0 Å². The lowest BCUT2D eigenvalue weighted by Gasteiger charge is -2.04. The Hall–Kier alpha value is -2.22. The lowest BCUT2D eigenvalue weighted by molar-refractivity contribution is -0.384. The van der Waals surface area contributed by atoms with Crippen LogP contribution in [0.1, 0.15) is 23.7 Å². The smallest absolute Gasteiger partial charge is 0.270 e. The van der Waals surface area contributed by atoms with Crippen LogP contribution in [-0.2, 0) is 0 Å². The fourth-order valence-electron chi connectivity index (χ4n) is 1.31. The number of hydrogen-bond donors (Lipinski definition) is 0. The normalized spacial score (nSPS) is 11.5. The molecule has 1 unspecified atom stereocenters. The van der Waals surface area contributed by atoms with Crippen molar-refractivity contribution in [1.82, 2.24) is 0 Å². The second-order valence-electron chi connectivity index (χ2n) is 3.26. The van der Waals surface area contributed by atoms with Crippen LogP contribution in [0, 0.1) is 27.4 Å². The SMILES string of the molecule is CCC(C#N)C(=O)c1cccc([N+](=O)[O-])c1. The molecule has 1 rings (SSSR count). The molecule has 0 amide bonds. The first-order chi connectivity index (χ1) is 7.60. The fraction of sp³-hybridized carbons (Fsp3) is 0.273. The molecule has 0 N–H and O–H groups in total. The zero-order valence-electron chi connectivity index (χ0n) is 8.71. The highest BCUT2D eigenvalue weighted by Gasteiger charge is 2.19. The molecule has 0 aliphatic carbocycles. The lowest BCUT2D eigenvalue weighted by Crippen LogP contribution is -2.12. The molecule has 0 saturated heterocycles. The van der Waals surface area contributed by atoms with E-state index in [2.05, 4.69) is 0 Å². The molecule has 16 heavy (non-hydrogen) atoms. The first-order valence-electron chi connectivity index (χ1n) is 4.78. The molecule has 1 aromatic carbocycles. The number of rotatable bonds is 4. The molecule has 0 aromatic heterocycles. The van der Waals surface area contributed by atoms with Gasteiger partial charge in [0.1, 0.15) is 5.92 Å². The van der Waals surface area contributed by atoms with Gasteiger partial charge in [-0.25, -0.2) is 0 Å². The molecule has 0 aliphatic heterocycles. The van der Waals surface area contributed by atoms with Crippen LogP contribution < -0.4 is 0 Å². The molecule has 0 spiro atoms. The number of nitrogens with zero attached hydrogens (tertiary/aromatic N) is 2. The predicted octanol–water partition coefficient (Wildman–Crippen LogP) is 2.33. The third kappa shape index (κ3) is 2.42. The molecule has 5 heteroatoms. The number of non-ortho nitro benzene ring substituents is 1. The summed E-state index contributed by atoms with van der Waals surface area (Å²) in [5.74, 6) is -1.10. The zero-order valence-corrected chi connectivity index (χ0v) is 8.71. The van der Waals surface area contributed by atoms with E-state index in [4.69, 9.17) is 5.26 Å². The average Bonchev–Trinajstić information content (AvgIpc) is 2.30. The Bertz CT molecular complexity index is 463. The van der Waals surface area contributed by atoms with E-state index in [0.717, 1.165) is 0 Å². The Morgan fingerprint density at radius 2 is 2.31 bits per heavy atom. The van der Waals surface area contributed by atoms with Gasteiger partial charge in [0.25, 0.3) is 5.69 Å². The minimum atomic E-state index is -0.734. The Balaban J connectivity index is 3.05. The molecule has 0 fully saturated rings. The number of nitro groups is 1. The highest BCUT2D eigenvalue weighted by Crippen LogP contribution is 2.17. The maximum absolute atomic E-state index is 11.7. The summed E-state index contributed by atoms with van der Waals surface area (Å²) in [6.07, 6.45) is 0.401. The van der Waals surface area contributed by atoms with Gasteiger partial charge in [0.15, 0.2) is 5.78 Å². The maximum Gasteiger partial charge on any atom is 0.270 e. The van der Waals surface area contributed by atoms with E-state index in [1.165, 1.54) is 24.3 Å². The van der Waals surface area contributed by atoms with Crippen LogP contribution in [0.5, 0.6) is 0 Å². The number of benzene rings is 1. The Morgan fingerprint density at radius 3 is 2.81 bits per heavy atom. The van der Waals surface area contributed by atoms with Crippen LogP contribution in [0.3, 0.4) is 0 Å². The molecular formula is C11H10N2O3. The highest BCUT2D eigenvalue weighted by atomic mass is 16.6. The molecular weight excluding hydrogens is 208 g/mol. The second-order valence-corrected chi connectivity index (χ2v) is 3.26. The minimum absolute atomic E-state index is 0.140. The molecule has 0 radical (unpaired) electrons. The zero-order chi connectivity index (χ0) is 12.1. The first-order valence-corrected chi connectivity index (χ1v) is 4.78. The predicted molar refractivity (Wildman–Crippen MR) is 56.8 cm³/mol. The molecule has 82 valence electrons. The van der Waals surface area contributed by atoms with Crippen LogP contribution in [0.4, 0.5) is 5.69 Å². The van der Waals surface area contributed by atoms with E-state index < -0.39 is 10.8 Å². The van der Waals surface area contributed by atoms with Crippen molar-refractivity contribution < 1.29 is 9.72 Å². The Kier molecular flexibility index (Phi) is 3.72. The van der Waals surface area contributed by atoms with Crippen LogP contribution in [0.15, 0.2) is 24.3 Å². The third-order valence-corrected chi connectivity index (χ3v) is 2.22. The van der Waals surface area contributed by atoms with E-state index in [1.807, 2.05) is 6.07 Å². The van der Waals surface area contributed by atoms with Crippen molar-refractivity contribution in [3.05, 3.63) is 39.9 Å². The van der Waals surface area contributed by atoms with Crippen molar-refractivity contribution in [1.29, 1.82) is 5.26 Å². The quantitative estimate of drug-likeness (QED) is 0.441. The van der Waals surface area contributed by atoms with Gasteiger partial charge in [-0.3, -0.25) is 14.9 Å². The molecule has 0 saturated carbocycles. The molecule has 5 nitrogen and oxygen atoms in total. The highest BCUT2D eigenvalue weighted by molar-refractivity contribution is 5.99. The van der Waals surface area contributed by atoms with Gasteiger partial charge in [-0.1, -0.05) is 19.1 Å². The van der Waals surface area contributed by atoms with Crippen molar-refractivity contribution in [2.75, 3.05) is 0 Å². The summed E-state index contributed by atoms with van der Waals surface area (Å²) in [4.78, 5) is 21.7. The number of hydrogen-bond acceptors (Lipinski definition) is 4. The Labute approximate surface area is 92.5 Å². The monoisotopic (exact) mass is 218 g/mol. The summed E-state index contributed by atoms with van der Waals surface area (Å²) in [6, 6.07) is 7.31. The minimum Gasteiger partial charge on any atom is -0.293 e. The van der Waals surface area contributed by atoms with E-state index in [-0.39, 0.29) is 17.0 Å². The number of carbonyl (C=O) groups excluding carboxylic acids is 1. The van der Waals surface area contributed by atoms with Crippen molar-refractivity contribution in [2.24, 2.45) is 5.92 Å². The van der Waals surface area contributed by atoms with Crippen molar-refractivity contribution >= 4 is 11.5 Å². The third-order valence-electron chi connectivity index (χ3n) is 2.22. The van der Waals surface area contributed by atoms with E-state index in [0.29, 0.717) is 6.42 Å². The topological polar surface area (TPSA) is 84.0 Å². The van der Waals surface area contributed by atoms with Crippen molar-refractivity contribution in [3.8, 4) is 6.07 Å². The molecule has 1 aromatic rings. The molecule has 0 bridgehead atoms. The van der Waals surface area contributed by atoms with Crippen molar-refractivity contribution in [3.63, 3.8) is 0 Å². The number of nitriles is 1. The summed E-state index contributed by atoms with van der Waals surface area (Å²) in [5.41, 5.74) is 0.0706. The van der Waals surface area contributed by atoms with E-state index in [9.17, 15) is 14.9 Å². The standard InChI is InChI=1S/C11H10N2O3/c1-2-8(7-12)11(14)9-4-3-5-10(6-9)13(15)16/h3-6,8H,2H2,1H3. The number of nitro benzene ring substituents is 1. The van der Waals surface area contributed by atoms with Crippen molar-refractivity contribution in [2.45, 2.75) is 13.3 Å². The summed E-state index contributed by atoms with van der Waals surface area (Å²) in [5, 5.41) is 19.2. The van der Waals surface area contributed by atoms with Crippen LogP contribution in [-0.4, -0.2) is 10.7 Å². The van der Waals surface area contributed by atoms with Crippen LogP contribution in [0.2, 0.25) is 0 Å². The van der Waals surface area contributed by atoms with E-state index >= 15 is 0 Å². The number of carbonyl (C=O) groups is 1. The summed E-state index contributed by atoms with van der Waals surface area (Å²) in [7, 11) is 0. The fourth-order valence-corrected chi connectivity index (χ4v) is 1.31.